The maximum atomic E-state index is 11.9. The summed E-state index contributed by atoms with van der Waals surface area (Å²) in [4.78, 5) is 27.6. The minimum Gasteiger partial charge on any atom is -0.345 e. The average Bonchev–Trinajstić information content (AvgIpc) is 2.78. The average molecular weight is 291 g/mol. The molecule has 0 aliphatic heterocycles. The van der Waals surface area contributed by atoms with Crippen molar-refractivity contribution in [3.8, 4) is 0 Å². The Kier molecular flexibility index (Phi) is 3.56. The number of rotatable bonds is 3. The van der Waals surface area contributed by atoms with Gasteiger partial charge in [-0.15, -0.1) is 11.3 Å². The van der Waals surface area contributed by atoms with E-state index < -0.39 is 30.7 Å². The van der Waals surface area contributed by atoms with Gasteiger partial charge in [-0.25, -0.2) is 4.98 Å². The molecule has 2 aromatic heterocycles. The lowest BCUT2D eigenvalue weighted by Crippen LogP contribution is -2.37. The second-order valence-corrected chi connectivity index (χ2v) is 4.60. The predicted molar refractivity (Wildman–Crippen MR) is 62.9 cm³/mol. The maximum Gasteiger partial charge on any atom is 0.405 e. The molecule has 1 N–H and O–H groups in total. The van der Waals surface area contributed by atoms with Crippen LogP contribution >= 0.6 is 11.3 Å². The molecule has 0 fully saturated rings. The Morgan fingerprint density at radius 1 is 1.47 bits per heavy atom. The van der Waals surface area contributed by atoms with Crippen LogP contribution < -0.4 is 10.9 Å². The zero-order valence-corrected chi connectivity index (χ0v) is 10.2. The van der Waals surface area contributed by atoms with E-state index in [0.717, 1.165) is 10.9 Å². The van der Waals surface area contributed by atoms with Crippen molar-refractivity contribution in [2.45, 2.75) is 12.7 Å². The molecule has 5 nitrogen and oxygen atoms in total. The van der Waals surface area contributed by atoms with Gasteiger partial charge in [-0.3, -0.25) is 14.2 Å². The third-order valence-corrected chi connectivity index (χ3v) is 3.07. The molecule has 2 rings (SSSR count). The highest BCUT2D eigenvalue weighted by atomic mass is 32.1. The largest absolute Gasteiger partial charge is 0.405 e. The Balaban J connectivity index is 2.11. The van der Waals surface area contributed by atoms with Gasteiger partial charge < -0.3 is 5.32 Å². The molecule has 0 atom stereocenters. The van der Waals surface area contributed by atoms with E-state index in [0.29, 0.717) is 10.2 Å². The summed E-state index contributed by atoms with van der Waals surface area (Å²) < 4.78 is 36.7. The normalized spacial score (nSPS) is 11.7. The molecule has 0 radical (unpaired) electrons. The number of thiophene rings is 1. The molecule has 0 saturated carbocycles. The van der Waals surface area contributed by atoms with Crippen molar-refractivity contribution in [3.05, 3.63) is 28.1 Å². The minimum atomic E-state index is -4.48. The van der Waals surface area contributed by atoms with Gasteiger partial charge in [0.25, 0.3) is 5.56 Å². The number of fused-ring (bicyclic) bond motifs is 1. The number of carbonyl (C=O) groups is 1. The lowest BCUT2D eigenvalue weighted by Gasteiger charge is -2.09. The van der Waals surface area contributed by atoms with Crippen LogP contribution in [0.15, 0.2) is 22.6 Å². The van der Waals surface area contributed by atoms with Gasteiger partial charge in [0.1, 0.15) is 17.9 Å². The molecule has 0 spiro atoms. The highest BCUT2D eigenvalue weighted by Gasteiger charge is 2.27. The molecular weight excluding hydrogens is 283 g/mol. The number of nitrogens with zero attached hydrogens (tertiary/aromatic N) is 2. The summed E-state index contributed by atoms with van der Waals surface area (Å²) in [6, 6.07) is 1.56. The summed E-state index contributed by atoms with van der Waals surface area (Å²) in [7, 11) is 0. The standard InChI is InChI=1S/C10H8F3N3O2S/c11-10(12,13)4-14-7(17)3-16-5-15-8-6(9(16)18)1-2-19-8/h1-2,5H,3-4H2,(H,14,17). The van der Waals surface area contributed by atoms with Crippen molar-refractivity contribution in [1.29, 1.82) is 0 Å². The van der Waals surface area contributed by atoms with Gasteiger partial charge >= 0.3 is 6.18 Å². The smallest absolute Gasteiger partial charge is 0.345 e. The Bertz CT molecular complexity index is 662. The molecule has 0 aliphatic carbocycles. The molecular formula is C10H8F3N3O2S. The molecule has 0 saturated heterocycles. The van der Waals surface area contributed by atoms with Crippen LogP contribution in [-0.4, -0.2) is 28.2 Å². The Hall–Kier alpha value is -1.90. The van der Waals surface area contributed by atoms with Gasteiger partial charge in [0.05, 0.1) is 11.7 Å². The molecule has 0 aromatic carbocycles. The van der Waals surface area contributed by atoms with Gasteiger partial charge in [-0.1, -0.05) is 0 Å². The second kappa shape index (κ2) is 5.00. The van der Waals surface area contributed by atoms with E-state index in [1.807, 2.05) is 0 Å². The Morgan fingerprint density at radius 3 is 2.89 bits per heavy atom. The van der Waals surface area contributed by atoms with Gasteiger partial charge in [0.15, 0.2) is 0 Å². The van der Waals surface area contributed by atoms with Crippen molar-refractivity contribution in [1.82, 2.24) is 14.9 Å². The zero-order chi connectivity index (χ0) is 14.0. The predicted octanol–water partition coefficient (Wildman–Crippen LogP) is 1.14. The monoisotopic (exact) mass is 291 g/mol. The van der Waals surface area contributed by atoms with E-state index in [-0.39, 0.29) is 0 Å². The van der Waals surface area contributed by atoms with E-state index in [1.54, 1.807) is 16.8 Å². The summed E-state index contributed by atoms with van der Waals surface area (Å²) >= 11 is 1.27. The summed E-state index contributed by atoms with van der Waals surface area (Å²) in [5.41, 5.74) is -0.451. The van der Waals surface area contributed by atoms with Crippen LogP contribution in [0.4, 0.5) is 13.2 Å². The molecule has 102 valence electrons. The number of halogens is 3. The van der Waals surface area contributed by atoms with Crippen LogP contribution in [0.3, 0.4) is 0 Å². The van der Waals surface area contributed by atoms with Gasteiger partial charge in [0, 0.05) is 0 Å². The first-order chi connectivity index (χ1) is 8.87. The van der Waals surface area contributed by atoms with E-state index in [9.17, 15) is 22.8 Å². The van der Waals surface area contributed by atoms with Crippen LogP contribution in [0.2, 0.25) is 0 Å². The molecule has 2 heterocycles. The van der Waals surface area contributed by atoms with E-state index in [4.69, 9.17) is 0 Å². The fraction of sp³-hybridized carbons (Fsp3) is 0.300. The van der Waals surface area contributed by atoms with Gasteiger partial charge in [-0.2, -0.15) is 13.2 Å². The lowest BCUT2D eigenvalue weighted by atomic mass is 10.4. The first kappa shape index (κ1) is 13.5. The van der Waals surface area contributed by atoms with Crippen LogP contribution in [0.25, 0.3) is 10.2 Å². The maximum absolute atomic E-state index is 11.9. The Labute approximate surface area is 108 Å². The quantitative estimate of drug-likeness (QED) is 0.922. The van der Waals surface area contributed by atoms with E-state index >= 15 is 0 Å². The summed E-state index contributed by atoms with van der Waals surface area (Å²) in [5, 5.41) is 3.71. The SMILES string of the molecule is O=C(Cn1cnc2sccc2c1=O)NCC(F)(F)F. The molecule has 0 aliphatic rings. The number of hydrogen-bond donors (Lipinski definition) is 1. The Morgan fingerprint density at radius 2 is 2.21 bits per heavy atom. The first-order valence-electron chi connectivity index (χ1n) is 5.13. The van der Waals surface area contributed by atoms with Crippen molar-refractivity contribution < 1.29 is 18.0 Å². The third-order valence-electron chi connectivity index (χ3n) is 2.25. The summed E-state index contributed by atoms with van der Waals surface area (Å²) in [6.07, 6.45) is -3.33. The third kappa shape index (κ3) is 3.31. The molecule has 9 heteroatoms. The summed E-state index contributed by atoms with van der Waals surface area (Å²) in [5.74, 6) is -0.893. The number of alkyl halides is 3. The van der Waals surface area contributed by atoms with Crippen LogP contribution in [-0.2, 0) is 11.3 Å². The number of nitrogens with one attached hydrogen (secondary N) is 1. The molecule has 0 bridgehead atoms. The van der Waals surface area contributed by atoms with Gasteiger partial charge in [-0.05, 0) is 11.4 Å². The number of carbonyl (C=O) groups excluding carboxylic acids is 1. The molecule has 1 amide bonds. The van der Waals surface area contributed by atoms with Crippen molar-refractivity contribution >= 4 is 27.5 Å². The summed E-state index contributed by atoms with van der Waals surface area (Å²) in [6.45, 7) is -1.91. The van der Waals surface area contributed by atoms with Crippen LogP contribution in [0, 0.1) is 0 Å². The number of amides is 1. The number of aromatic nitrogens is 2. The minimum absolute atomic E-state index is 0.344. The molecule has 19 heavy (non-hydrogen) atoms. The topological polar surface area (TPSA) is 64.0 Å². The number of hydrogen-bond acceptors (Lipinski definition) is 4. The van der Waals surface area contributed by atoms with Gasteiger partial charge in [0.2, 0.25) is 5.91 Å². The molecule has 0 unspecified atom stereocenters. The highest BCUT2D eigenvalue weighted by molar-refractivity contribution is 7.16. The van der Waals surface area contributed by atoms with E-state index in [1.165, 1.54) is 11.3 Å². The van der Waals surface area contributed by atoms with Crippen LogP contribution in [0.5, 0.6) is 0 Å². The second-order valence-electron chi connectivity index (χ2n) is 3.71. The van der Waals surface area contributed by atoms with Crippen molar-refractivity contribution in [2.75, 3.05) is 6.54 Å². The lowest BCUT2D eigenvalue weighted by molar-refractivity contribution is -0.138. The van der Waals surface area contributed by atoms with Crippen molar-refractivity contribution in [3.63, 3.8) is 0 Å². The van der Waals surface area contributed by atoms with Crippen molar-refractivity contribution in [2.24, 2.45) is 0 Å². The fourth-order valence-electron chi connectivity index (χ4n) is 1.42. The van der Waals surface area contributed by atoms with E-state index in [2.05, 4.69) is 4.98 Å². The fourth-order valence-corrected chi connectivity index (χ4v) is 2.14. The first-order valence-corrected chi connectivity index (χ1v) is 6.01. The molecule has 2 aromatic rings. The highest BCUT2D eigenvalue weighted by Crippen LogP contribution is 2.13. The zero-order valence-electron chi connectivity index (χ0n) is 9.40. The van der Waals surface area contributed by atoms with Crippen LogP contribution in [0.1, 0.15) is 0 Å².